The van der Waals surface area contributed by atoms with Gasteiger partial charge in [0.1, 0.15) is 6.54 Å². The third-order valence-corrected chi connectivity index (χ3v) is 8.72. The van der Waals surface area contributed by atoms with Crippen molar-refractivity contribution in [3.8, 4) is 0 Å². The van der Waals surface area contributed by atoms with Gasteiger partial charge in [-0.15, -0.1) is 0 Å². The zero-order chi connectivity index (χ0) is 24.5. The van der Waals surface area contributed by atoms with Crippen molar-refractivity contribution in [2.75, 3.05) is 29.9 Å². The van der Waals surface area contributed by atoms with Gasteiger partial charge in [0.15, 0.2) is 0 Å². The molecule has 0 unspecified atom stereocenters. The zero-order valence-corrected chi connectivity index (χ0v) is 21.0. The number of benzene rings is 2. The molecule has 1 fully saturated rings. The number of rotatable bonds is 5. The second-order valence-electron chi connectivity index (χ2n) is 9.58. The first-order chi connectivity index (χ1) is 16.1. The van der Waals surface area contributed by atoms with Gasteiger partial charge in [0, 0.05) is 30.9 Å². The number of carbonyl (C=O) groups excluding carboxylic acids is 2. The molecule has 0 spiro atoms. The molecule has 1 saturated heterocycles. The molecule has 8 heteroatoms. The molecule has 182 valence electrons. The van der Waals surface area contributed by atoms with Crippen LogP contribution in [0.3, 0.4) is 0 Å². The fourth-order valence-corrected chi connectivity index (χ4v) is 6.16. The van der Waals surface area contributed by atoms with E-state index in [1.165, 1.54) is 4.90 Å². The fourth-order valence-electron chi connectivity index (χ4n) is 4.64. The van der Waals surface area contributed by atoms with Gasteiger partial charge in [-0.05, 0) is 86.4 Å². The molecule has 7 nitrogen and oxygen atoms in total. The van der Waals surface area contributed by atoms with E-state index in [-0.39, 0.29) is 23.3 Å². The highest BCUT2D eigenvalue weighted by Gasteiger charge is 2.30. The largest absolute Gasteiger partial charge is 0.324 e. The summed E-state index contributed by atoms with van der Waals surface area (Å²) in [5, 5.41) is 2.92. The quantitative estimate of drug-likeness (QED) is 0.696. The van der Waals surface area contributed by atoms with Gasteiger partial charge in [-0.3, -0.25) is 9.59 Å². The van der Waals surface area contributed by atoms with Gasteiger partial charge < -0.3 is 10.2 Å². The lowest BCUT2D eigenvalue weighted by molar-refractivity contribution is -0.121. The smallest absolute Gasteiger partial charge is 0.244 e. The Balaban J connectivity index is 1.57. The summed E-state index contributed by atoms with van der Waals surface area (Å²) >= 11 is 0. The molecule has 2 heterocycles. The Labute approximate surface area is 202 Å². The van der Waals surface area contributed by atoms with Crippen LogP contribution >= 0.6 is 0 Å². The Hall–Kier alpha value is -2.71. The average Bonchev–Trinajstić information content (AvgIpc) is 2.94. The monoisotopic (exact) mass is 483 g/mol. The van der Waals surface area contributed by atoms with Crippen LogP contribution in [0.15, 0.2) is 41.3 Å². The summed E-state index contributed by atoms with van der Waals surface area (Å²) in [5.41, 5.74) is 4.11. The molecule has 2 aliphatic heterocycles. The maximum Gasteiger partial charge on any atom is 0.244 e. The van der Waals surface area contributed by atoms with Crippen molar-refractivity contribution < 1.29 is 18.0 Å². The van der Waals surface area contributed by atoms with Gasteiger partial charge in [0.25, 0.3) is 0 Å². The van der Waals surface area contributed by atoms with Crippen LogP contribution in [0.1, 0.15) is 49.3 Å². The summed E-state index contributed by atoms with van der Waals surface area (Å²) < 4.78 is 28.0. The minimum atomic E-state index is -3.58. The van der Waals surface area contributed by atoms with Gasteiger partial charge in [0.2, 0.25) is 21.8 Å². The van der Waals surface area contributed by atoms with Gasteiger partial charge in [-0.2, -0.15) is 4.31 Å². The van der Waals surface area contributed by atoms with Crippen LogP contribution in [0.4, 0.5) is 11.4 Å². The molecule has 0 aliphatic carbocycles. The fraction of sp³-hybridized carbons (Fsp3) is 0.462. The van der Waals surface area contributed by atoms with Gasteiger partial charge in [-0.1, -0.05) is 19.1 Å². The summed E-state index contributed by atoms with van der Waals surface area (Å²) in [6.07, 6.45) is 3.25. The van der Waals surface area contributed by atoms with Crippen LogP contribution in [-0.4, -0.2) is 44.2 Å². The molecule has 0 aromatic heterocycles. The van der Waals surface area contributed by atoms with Crippen molar-refractivity contribution in [3.05, 3.63) is 53.1 Å². The van der Waals surface area contributed by atoms with Crippen molar-refractivity contribution in [1.29, 1.82) is 0 Å². The Morgan fingerprint density at radius 1 is 1.06 bits per heavy atom. The van der Waals surface area contributed by atoms with Gasteiger partial charge >= 0.3 is 0 Å². The first-order valence-electron chi connectivity index (χ1n) is 12.0. The number of fused-ring (bicyclic) bond motifs is 1. The van der Waals surface area contributed by atoms with E-state index in [2.05, 4.69) is 12.2 Å². The molecule has 0 saturated carbocycles. The van der Waals surface area contributed by atoms with Gasteiger partial charge in [0.05, 0.1) is 4.90 Å². The number of carbonyl (C=O) groups is 2. The normalized spacial score (nSPS) is 17.9. The first-order valence-corrected chi connectivity index (χ1v) is 13.4. The van der Waals surface area contributed by atoms with Crippen molar-refractivity contribution in [1.82, 2.24) is 4.31 Å². The van der Waals surface area contributed by atoms with Crippen molar-refractivity contribution in [2.24, 2.45) is 5.92 Å². The van der Waals surface area contributed by atoms with Crippen LogP contribution in [0.25, 0.3) is 0 Å². The maximum absolute atomic E-state index is 13.2. The number of aryl methyl sites for hydroxylation is 3. The SMILES string of the molecule is Cc1ccc(C)c(NC(=O)CN2C(=O)CCCc3cc(S(=O)(=O)N4CCC(C)CC4)ccc32)c1. The van der Waals surface area contributed by atoms with Crippen molar-refractivity contribution in [3.63, 3.8) is 0 Å². The zero-order valence-electron chi connectivity index (χ0n) is 20.1. The minimum Gasteiger partial charge on any atom is -0.324 e. The third-order valence-electron chi connectivity index (χ3n) is 6.83. The standard InChI is InChI=1S/C26H33N3O4S/c1-18-11-13-28(14-12-18)34(32,33)22-9-10-24-21(16-22)5-4-6-26(31)29(24)17-25(30)27-23-15-19(2)7-8-20(23)3/h7-10,15-16,18H,4-6,11-14,17H2,1-3H3,(H,27,30). The molecule has 1 N–H and O–H groups in total. The Morgan fingerprint density at radius 2 is 1.79 bits per heavy atom. The summed E-state index contributed by atoms with van der Waals surface area (Å²) in [4.78, 5) is 27.5. The minimum absolute atomic E-state index is 0.116. The molecule has 2 aromatic rings. The molecule has 2 aromatic carbocycles. The maximum atomic E-state index is 13.2. The summed E-state index contributed by atoms with van der Waals surface area (Å²) in [6, 6.07) is 10.8. The number of anilines is 2. The predicted molar refractivity (Wildman–Crippen MR) is 133 cm³/mol. The highest BCUT2D eigenvalue weighted by atomic mass is 32.2. The Bertz CT molecular complexity index is 1200. The van der Waals surface area contributed by atoms with E-state index >= 15 is 0 Å². The molecular formula is C26H33N3O4S. The lowest BCUT2D eigenvalue weighted by Crippen LogP contribution is -2.38. The number of hydrogen-bond acceptors (Lipinski definition) is 4. The van der Waals surface area contributed by atoms with E-state index in [9.17, 15) is 18.0 Å². The Kier molecular flexibility index (Phi) is 7.09. The first kappa shape index (κ1) is 24.4. The second kappa shape index (κ2) is 9.88. The number of nitrogens with zero attached hydrogens (tertiary/aromatic N) is 2. The van der Waals surface area contributed by atoms with Crippen LogP contribution < -0.4 is 10.2 Å². The summed E-state index contributed by atoms with van der Waals surface area (Å²) in [7, 11) is -3.58. The van der Waals surface area contributed by atoms with Crippen molar-refractivity contribution >= 4 is 33.2 Å². The van der Waals surface area contributed by atoms with E-state index in [4.69, 9.17) is 0 Å². The average molecular weight is 484 g/mol. The number of sulfonamides is 1. The van der Waals surface area contributed by atoms with Crippen LogP contribution in [0, 0.1) is 19.8 Å². The van der Waals surface area contributed by atoms with E-state index in [1.807, 2.05) is 32.0 Å². The number of piperidine rings is 1. The Morgan fingerprint density at radius 3 is 2.53 bits per heavy atom. The van der Waals surface area contributed by atoms with E-state index in [0.717, 1.165) is 35.2 Å². The number of nitrogens with one attached hydrogen (secondary N) is 1. The highest BCUT2D eigenvalue weighted by Crippen LogP contribution is 2.31. The second-order valence-corrected chi connectivity index (χ2v) is 11.5. The molecular weight excluding hydrogens is 450 g/mol. The molecule has 0 bridgehead atoms. The van der Waals surface area contributed by atoms with Crippen LogP contribution in [0.5, 0.6) is 0 Å². The number of hydrogen-bond donors (Lipinski definition) is 1. The topological polar surface area (TPSA) is 86.8 Å². The molecule has 4 rings (SSSR count). The lowest BCUT2D eigenvalue weighted by atomic mass is 10.0. The van der Waals surface area contributed by atoms with E-state index in [1.54, 1.807) is 22.5 Å². The lowest BCUT2D eigenvalue weighted by Gasteiger charge is -2.30. The van der Waals surface area contributed by atoms with E-state index in [0.29, 0.717) is 44.0 Å². The molecule has 34 heavy (non-hydrogen) atoms. The highest BCUT2D eigenvalue weighted by molar-refractivity contribution is 7.89. The predicted octanol–water partition coefficient (Wildman–Crippen LogP) is 4.03. The molecule has 2 aliphatic rings. The number of amides is 2. The summed E-state index contributed by atoms with van der Waals surface area (Å²) in [5.74, 6) is 0.123. The van der Waals surface area contributed by atoms with Gasteiger partial charge in [-0.25, -0.2) is 8.42 Å². The van der Waals surface area contributed by atoms with Crippen LogP contribution in [0.2, 0.25) is 0 Å². The van der Waals surface area contributed by atoms with E-state index < -0.39 is 10.0 Å². The molecule has 2 amide bonds. The molecule has 0 radical (unpaired) electrons. The third kappa shape index (κ3) is 5.18. The molecule has 0 atom stereocenters. The van der Waals surface area contributed by atoms with Crippen molar-refractivity contribution in [2.45, 2.75) is 57.8 Å². The van der Waals surface area contributed by atoms with Crippen LogP contribution in [-0.2, 0) is 26.0 Å². The summed E-state index contributed by atoms with van der Waals surface area (Å²) in [6.45, 7) is 6.98.